The predicted molar refractivity (Wildman–Crippen MR) is 63.9 cm³/mol. The lowest BCUT2D eigenvalue weighted by atomic mass is 10.2. The summed E-state index contributed by atoms with van der Waals surface area (Å²) in [6.07, 6.45) is 0. The summed E-state index contributed by atoms with van der Waals surface area (Å²) in [4.78, 5) is 4.42. The Kier molecular flexibility index (Phi) is 2.92. The molecule has 5 nitrogen and oxygen atoms in total. The van der Waals surface area contributed by atoms with E-state index in [1.807, 2.05) is 12.3 Å². The van der Waals surface area contributed by atoms with Gasteiger partial charge in [-0.3, -0.25) is 0 Å². The third-order valence-electron chi connectivity index (χ3n) is 2.76. The monoisotopic (exact) mass is 251 g/mol. The topological polar surface area (TPSA) is 60.2 Å². The normalized spacial score (nSPS) is 20.6. The van der Waals surface area contributed by atoms with Gasteiger partial charge in [0.15, 0.2) is 0 Å². The molecule has 1 atom stereocenters. The molecule has 1 aliphatic heterocycles. The van der Waals surface area contributed by atoms with Crippen molar-refractivity contribution >= 4 is 11.3 Å². The summed E-state index contributed by atoms with van der Waals surface area (Å²) in [5, 5.41) is 11.4. The number of aryl methyl sites for hydroxylation is 1. The van der Waals surface area contributed by atoms with Crippen LogP contribution in [0.5, 0.6) is 0 Å². The van der Waals surface area contributed by atoms with E-state index in [0.29, 0.717) is 18.3 Å². The summed E-state index contributed by atoms with van der Waals surface area (Å²) in [5.41, 5.74) is 2.22. The minimum absolute atomic E-state index is 0.0175. The molecule has 2 aromatic rings. The van der Waals surface area contributed by atoms with Gasteiger partial charge in [-0.05, 0) is 17.9 Å². The zero-order valence-corrected chi connectivity index (χ0v) is 10.3. The molecular weight excluding hydrogens is 238 g/mol. The van der Waals surface area contributed by atoms with Crippen LogP contribution < -0.4 is 5.32 Å². The maximum absolute atomic E-state index is 5.37. The summed E-state index contributed by atoms with van der Waals surface area (Å²) >= 11 is 1.64. The number of thiophene rings is 1. The molecule has 3 heterocycles. The van der Waals surface area contributed by atoms with E-state index in [1.165, 1.54) is 5.56 Å². The first-order valence-corrected chi connectivity index (χ1v) is 6.47. The Morgan fingerprint density at radius 2 is 2.41 bits per heavy atom. The van der Waals surface area contributed by atoms with Gasteiger partial charge in [-0.1, -0.05) is 5.16 Å². The van der Waals surface area contributed by atoms with Gasteiger partial charge in [-0.2, -0.15) is 16.3 Å². The van der Waals surface area contributed by atoms with E-state index in [2.05, 4.69) is 20.8 Å². The van der Waals surface area contributed by atoms with Gasteiger partial charge in [0.2, 0.25) is 11.7 Å². The van der Waals surface area contributed by atoms with Crippen LogP contribution in [0.4, 0.5) is 0 Å². The first-order valence-electron chi connectivity index (χ1n) is 5.52. The van der Waals surface area contributed by atoms with Crippen molar-refractivity contribution in [1.29, 1.82) is 0 Å². The van der Waals surface area contributed by atoms with Gasteiger partial charge in [0, 0.05) is 17.5 Å². The Bertz CT molecular complexity index is 502. The predicted octanol–water partition coefficient (Wildman–Crippen LogP) is 1.77. The number of morpholine rings is 1. The van der Waals surface area contributed by atoms with Crippen molar-refractivity contribution in [1.82, 2.24) is 15.5 Å². The third kappa shape index (κ3) is 2.11. The molecule has 0 radical (unpaired) electrons. The lowest BCUT2D eigenvalue weighted by molar-refractivity contribution is 0.0659. The number of rotatable bonds is 2. The fourth-order valence-electron chi connectivity index (χ4n) is 1.80. The fraction of sp³-hybridized carbons (Fsp3) is 0.455. The molecule has 1 fully saturated rings. The van der Waals surface area contributed by atoms with Crippen molar-refractivity contribution in [2.75, 3.05) is 19.8 Å². The Morgan fingerprint density at radius 3 is 3.12 bits per heavy atom. The molecule has 0 aliphatic carbocycles. The number of hydrogen-bond acceptors (Lipinski definition) is 6. The molecule has 1 N–H and O–H groups in total. The van der Waals surface area contributed by atoms with Gasteiger partial charge in [-0.15, -0.1) is 0 Å². The van der Waals surface area contributed by atoms with Crippen LogP contribution >= 0.6 is 11.3 Å². The number of ether oxygens (including phenoxy) is 1. The van der Waals surface area contributed by atoms with E-state index in [-0.39, 0.29) is 6.04 Å². The molecule has 0 saturated carbocycles. The van der Waals surface area contributed by atoms with Gasteiger partial charge in [0.1, 0.15) is 6.04 Å². The quantitative estimate of drug-likeness (QED) is 0.881. The molecule has 2 aromatic heterocycles. The highest BCUT2D eigenvalue weighted by Crippen LogP contribution is 2.25. The zero-order chi connectivity index (χ0) is 11.7. The number of hydrogen-bond donors (Lipinski definition) is 1. The van der Waals surface area contributed by atoms with Crippen LogP contribution in [0.1, 0.15) is 17.5 Å². The SMILES string of the molecule is Cc1cscc1-c1noc(C2COCCN2)n1. The summed E-state index contributed by atoms with van der Waals surface area (Å²) in [7, 11) is 0. The standard InChI is InChI=1S/C11H13N3O2S/c1-7-5-17-6-8(7)10-13-11(16-14-10)9-4-15-3-2-12-9/h5-6,9,12H,2-4H2,1H3. The molecule has 3 rings (SSSR count). The van der Waals surface area contributed by atoms with Crippen LogP contribution in [0, 0.1) is 6.92 Å². The summed E-state index contributed by atoms with van der Waals surface area (Å²) in [6, 6.07) is 0.0175. The van der Waals surface area contributed by atoms with E-state index in [9.17, 15) is 0 Å². The van der Waals surface area contributed by atoms with Gasteiger partial charge >= 0.3 is 0 Å². The smallest absolute Gasteiger partial charge is 0.246 e. The lowest BCUT2D eigenvalue weighted by Gasteiger charge is -2.20. The largest absolute Gasteiger partial charge is 0.378 e. The third-order valence-corrected chi connectivity index (χ3v) is 3.62. The fourth-order valence-corrected chi connectivity index (χ4v) is 2.63. The van der Waals surface area contributed by atoms with Crippen LogP contribution in [-0.2, 0) is 4.74 Å². The lowest BCUT2D eigenvalue weighted by Crippen LogP contribution is -2.34. The summed E-state index contributed by atoms with van der Waals surface area (Å²) in [5.74, 6) is 1.26. The van der Waals surface area contributed by atoms with Crippen LogP contribution in [0.3, 0.4) is 0 Å². The Hall–Kier alpha value is -1.24. The molecular formula is C11H13N3O2S. The highest BCUT2D eigenvalue weighted by Gasteiger charge is 2.22. The Balaban J connectivity index is 1.85. The highest BCUT2D eigenvalue weighted by molar-refractivity contribution is 7.08. The average molecular weight is 251 g/mol. The van der Waals surface area contributed by atoms with Crippen molar-refractivity contribution in [2.45, 2.75) is 13.0 Å². The Morgan fingerprint density at radius 1 is 1.47 bits per heavy atom. The minimum Gasteiger partial charge on any atom is -0.378 e. The van der Waals surface area contributed by atoms with E-state index >= 15 is 0 Å². The zero-order valence-electron chi connectivity index (χ0n) is 9.47. The van der Waals surface area contributed by atoms with Gasteiger partial charge in [0.05, 0.1) is 13.2 Å². The van der Waals surface area contributed by atoms with Gasteiger partial charge in [0.25, 0.3) is 0 Å². The second kappa shape index (κ2) is 4.56. The minimum atomic E-state index is 0.0175. The molecule has 0 bridgehead atoms. The van der Waals surface area contributed by atoms with E-state index in [0.717, 1.165) is 18.7 Å². The molecule has 0 amide bonds. The first kappa shape index (κ1) is 10.9. The van der Waals surface area contributed by atoms with Crippen LogP contribution in [0.2, 0.25) is 0 Å². The maximum Gasteiger partial charge on any atom is 0.246 e. The molecule has 1 unspecified atom stereocenters. The molecule has 17 heavy (non-hydrogen) atoms. The second-order valence-electron chi connectivity index (χ2n) is 4.01. The Labute approximate surface area is 103 Å². The van der Waals surface area contributed by atoms with Crippen LogP contribution in [0.15, 0.2) is 15.3 Å². The molecule has 90 valence electrons. The molecule has 1 aliphatic rings. The van der Waals surface area contributed by atoms with E-state index in [4.69, 9.17) is 9.26 Å². The van der Waals surface area contributed by atoms with Crippen molar-refractivity contribution < 1.29 is 9.26 Å². The van der Waals surface area contributed by atoms with Crippen LogP contribution in [0.25, 0.3) is 11.4 Å². The van der Waals surface area contributed by atoms with Crippen LogP contribution in [-0.4, -0.2) is 29.9 Å². The van der Waals surface area contributed by atoms with Crippen molar-refractivity contribution in [3.8, 4) is 11.4 Å². The summed E-state index contributed by atoms with van der Waals surface area (Å²) in [6.45, 7) is 4.19. The van der Waals surface area contributed by atoms with Crippen molar-refractivity contribution in [3.63, 3.8) is 0 Å². The first-order chi connectivity index (χ1) is 8.34. The van der Waals surface area contributed by atoms with Crippen molar-refractivity contribution in [2.24, 2.45) is 0 Å². The number of aromatic nitrogens is 2. The van der Waals surface area contributed by atoms with Gasteiger partial charge in [-0.25, -0.2) is 0 Å². The average Bonchev–Trinajstić information content (AvgIpc) is 2.98. The van der Waals surface area contributed by atoms with E-state index < -0.39 is 0 Å². The number of nitrogens with one attached hydrogen (secondary N) is 1. The molecule has 0 aromatic carbocycles. The van der Waals surface area contributed by atoms with Crippen molar-refractivity contribution in [3.05, 3.63) is 22.2 Å². The van der Waals surface area contributed by atoms with Gasteiger partial charge < -0.3 is 14.6 Å². The molecule has 0 spiro atoms. The molecule has 1 saturated heterocycles. The highest BCUT2D eigenvalue weighted by atomic mass is 32.1. The maximum atomic E-state index is 5.37. The summed E-state index contributed by atoms with van der Waals surface area (Å²) < 4.78 is 10.7. The number of nitrogens with zero attached hydrogens (tertiary/aromatic N) is 2. The van der Waals surface area contributed by atoms with E-state index in [1.54, 1.807) is 11.3 Å². The molecule has 6 heteroatoms. The second-order valence-corrected chi connectivity index (χ2v) is 4.75.